The molecule has 0 amide bonds. The highest BCUT2D eigenvalue weighted by molar-refractivity contribution is 5.05. The molecule has 1 N–H and O–H groups in total. The second kappa shape index (κ2) is 4.55. The van der Waals surface area contributed by atoms with Crippen LogP contribution in [-0.2, 0) is 0 Å². The van der Waals surface area contributed by atoms with Gasteiger partial charge < -0.3 is 5.32 Å². The smallest absolute Gasteiger partial charge is 0.0223 e. The molecule has 2 aliphatic carbocycles. The van der Waals surface area contributed by atoms with Crippen molar-refractivity contribution in [2.24, 2.45) is 11.3 Å². The molecule has 3 aliphatic rings. The van der Waals surface area contributed by atoms with Crippen molar-refractivity contribution in [2.45, 2.75) is 64.5 Å². The van der Waals surface area contributed by atoms with Gasteiger partial charge in [-0.25, -0.2) is 0 Å². The Morgan fingerprint density at radius 1 is 1.12 bits per heavy atom. The van der Waals surface area contributed by atoms with E-state index in [2.05, 4.69) is 24.1 Å². The summed E-state index contributed by atoms with van der Waals surface area (Å²) in [7, 11) is 0. The van der Waals surface area contributed by atoms with Gasteiger partial charge in [-0.2, -0.15) is 0 Å². The highest BCUT2D eigenvalue weighted by Crippen LogP contribution is 2.48. The number of hydrogen-bond acceptors (Lipinski definition) is 2. The zero-order chi connectivity index (χ0) is 11.9. The largest absolute Gasteiger partial charge is 0.311 e. The van der Waals surface area contributed by atoms with Crippen LogP contribution in [0.1, 0.15) is 52.4 Å². The predicted molar refractivity (Wildman–Crippen MR) is 72.1 cm³/mol. The first kappa shape index (κ1) is 12.0. The van der Waals surface area contributed by atoms with Crippen LogP contribution >= 0.6 is 0 Å². The van der Waals surface area contributed by atoms with Crippen molar-refractivity contribution >= 4 is 0 Å². The fourth-order valence-corrected chi connectivity index (χ4v) is 4.00. The van der Waals surface area contributed by atoms with E-state index in [0.717, 1.165) is 18.0 Å². The zero-order valence-corrected chi connectivity index (χ0v) is 11.5. The first-order chi connectivity index (χ1) is 8.17. The third-order valence-corrected chi connectivity index (χ3v) is 5.36. The third kappa shape index (κ3) is 2.53. The van der Waals surface area contributed by atoms with Crippen LogP contribution in [0.15, 0.2) is 0 Å². The van der Waals surface area contributed by atoms with E-state index in [1.54, 1.807) is 0 Å². The molecule has 0 bridgehead atoms. The lowest BCUT2D eigenvalue weighted by molar-refractivity contribution is 0.129. The van der Waals surface area contributed by atoms with E-state index in [1.165, 1.54) is 58.2 Å². The van der Waals surface area contributed by atoms with E-state index in [0.29, 0.717) is 5.41 Å². The van der Waals surface area contributed by atoms with Gasteiger partial charge in [-0.05, 0) is 30.6 Å². The molecule has 1 saturated heterocycles. The molecule has 0 aromatic carbocycles. The average molecular weight is 236 g/mol. The van der Waals surface area contributed by atoms with Crippen molar-refractivity contribution in [1.82, 2.24) is 10.2 Å². The number of nitrogens with one attached hydrogen (secondary N) is 1. The summed E-state index contributed by atoms with van der Waals surface area (Å²) in [6.07, 6.45) is 8.78. The maximum absolute atomic E-state index is 3.79. The van der Waals surface area contributed by atoms with Gasteiger partial charge in [0, 0.05) is 31.7 Å². The highest BCUT2D eigenvalue weighted by atomic mass is 15.3. The lowest BCUT2D eigenvalue weighted by atomic mass is 9.83. The number of hydrogen-bond donors (Lipinski definition) is 1. The van der Waals surface area contributed by atoms with Crippen molar-refractivity contribution in [3.8, 4) is 0 Å². The Hall–Kier alpha value is -0.0800. The molecule has 2 heteroatoms. The SMILES string of the molecule is CC1(C)CC1N1CCNC(C2CCCCC2)C1. The highest BCUT2D eigenvalue weighted by Gasteiger charge is 2.50. The Balaban J connectivity index is 1.56. The van der Waals surface area contributed by atoms with Gasteiger partial charge in [-0.15, -0.1) is 0 Å². The third-order valence-electron chi connectivity index (χ3n) is 5.36. The molecule has 98 valence electrons. The summed E-state index contributed by atoms with van der Waals surface area (Å²) in [5, 5.41) is 3.79. The molecule has 0 aromatic heterocycles. The van der Waals surface area contributed by atoms with E-state index in [9.17, 15) is 0 Å². The summed E-state index contributed by atoms with van der Waals surface area (Å²) in [6, 6.07) is 1.68. The van der Waals surface area contributed by atoms with Gasteiger partial charge in [-0.3, -0.25) is 4.90 Å². The van der Waals surface area contributed by atoms with Crippen LogP contribution in [0.5, 0.6) is 0 Å². The molecule has 3 fully saturated rings. The van der Waals surface area contributed by atoms with Gasteiger partial charge in [0.1, 0.15) is 0 Å². The standard InChI is InChI=1S/C15H28N2/c1-15(2)10-14(15)17-9-8-16-13(11-17)12-6-4-3-5-7-12/h12-14,16H,3-11H2,1-2H3. The molecule has 2 unspecified atom stereocenters. The molecule has 2 atom stereocenters. The van der Waals surface area contributed by atoms with E-state index >= 15 is 0 Å². The van der Waals surface area contributed by atoms with Gasteiger partial charge >= 0.3 is 0 Å². The minimum atomic E-state index is 0.606. The van der Waals surface area contributed by atoms with Crippen LogP contribution in [0, 0.1) is 11.3 Å². The first-order valence-electron chi connectivity index (χ1n) is 7.64. The fourth-order valence-electron chi connectivity index (χ4n) is 4.00. The van der Waals surface area contributed by atoms with Gasteiger partial charge in [0.05, 0.1) is 0 Å². The fraction of sp³-hybridized carbons (Fsp3) is 1.00. The van der Waals surface area contributed by atoms with Gasteiger partial charge in [-0.1, -0.05) is 33.1 Å². The molecule has 0 spiro atoms. The van der Waals surface area contributed by atoms with Crippen LogP contribution in [0.2, 0.25) is 0 Å². The quantitative estimate of drug-likeness (QED) is 0.793. The van der Waals surface area contributed by atoms with Crippen LogP contribution in [0.4, 0.5) is 0 Å². The summed E-state index contributed by atoms with van der Waals surface area (Å²) in [5.41, 5.74) is 0.606. The summed E-state index contributed by atoms with van der Waals surface area (Å²) < 4.78 is 0. The Morgan fingerprint density at radius 2 is 1.82 bits per heavy atom. The normalized spacial score (nSPS) is 39.2. The molecule has 2 nitrogen and oxygen atoms in total. The van der Waals surface area contributed by atoms with Crippen LogP contribution < -0.4 is 5.32 Å². The summed E-state index contributed by atoms with van der Waals surface area (Å²) in [5.74, 6) is 0.966. The maximum atomic E-state index is 3.79. The van der Waals surface area contributed by atoms with Crippen molar-refractivity contribution < 1.29 is 0 Å². The summed E-state index contributed by atoms with van der Waals surface area (Å²) >= 11 is 0. The molecule has 1 aliphatic heterocycles. The van der Waals surface area contributed by atoms with E-state index in [-0.39, 0.29) is 0 Å². The molecule has 17 heavy (non-hydrogen) atoms. The maximum Gasteiger partial charge on any atom is 0.0223 e. The molecule has 0 aromatic rings. The Morgan fingerprint density at radius 3 is 2.47 bits per heavy atom. The van der Waals surface area contributed by atoms with Crippen LogP contribution in [-0.4, -0.2) is 36.6 Å². The van der Waals surface area contributed by atoms with Gasteiger partial charge in [0.15, 0.2) is 0 Å². The summed E-state index contributed by atoms with van der Waals surface area (Å²) in [4.78, 5) is 2.77. The second-order valence-corrected chi connectivity index (χ2v) is 7.16. The van der Waals surface area contributed by atoms with Gasteiger partial charge in [0.2, 0.25) is 0 Å². The molecule has 2 saturated carbocycles. The number of nitrogens with zero attached hydrogens (tertiary/aromatic N) is 1. The summed E-state index contributed by atoms with van der Waals surface area (Å²) in [6.45, 7) is 8.66. The molecule has 0 radical (unpaired) electrons. The molecule has 1 heterocycles. The van der Waals surface area contributed by atoms with Crippen LogP contribution in [0.25, 0.3) is 0 Å². The topological polar surface area (TPSA) is 15.3 Å². The number of rotatable bonds is 2. The Labute approximate surface area is 106 Å². The monoisotopic (exact) mass is 236 g/mol. The molecular weight excluding hydrogens is 208 g/mol. The van der Waals surface area contributed by atoms with Crippen molar-refractivity contribution in [1.29, 1.82) is 0 Å². The molecular formula is C15H28N2. The Kier molecular flexibility index (Phi) is 3.20. The Bertz CT molecular complexity index is 268. The van der Waals surface area contributed by atoms with Gasteiger partial charge in [0.25, 0.3) is 0 Å². The van der Waals surface area contributed by atoms with E-state index in [4.69, 9.17) is 0 Å². The van der Waals surface area contributed by atoms with Crippen LogP contribution in [0.3, 0.4) is 0 Å². The second-order valence-electron chi connectivity index (χ2n) is 7.16. The molecule has 3 rings (SSSR count). The number of piperazine rings is 1. The van der Waals surface area contributed by atoms with Crippen molar-refractivity contribution in [3.63, 3.8) is 0 Å². The van der Waals surface area contributed by atoms with Crippen molar-refractivity contribution in [3.05, 3.63) is 0 Å². The zero-order valence-electron chi connectivity index (χ0n) is 11.5. The van der Waals surface area contributed by atoms with E-state index in [1.807, 2.05) is 0 Å². The first-order valence-corrected chi connectivity index (χ1v) is 7.64. The van der Waals surface area contributed by atoms with Crippen molar-refractivity contribution in [2.75, 3.05) is 19.6 Å². The lowest BCUT2D eigenvalue weighted by Crippen LogP contribution is -2.55. The lowest BCUT2D eigenvalue weighted by Gasteiger charge is -2.40. The minimum absolute atomic E-state index is 0.606. The van der Waals surface area contributed by atoms with E-state index < -0.39 is 0 Å². The predicted octanol–water partition coefficient (Wildman–Crippen LogP) is 2.64. The minimum Gasteiger partial charge on any atom is -0.311 e. The average Bonchev–Trinajstić information content (AvgIpc) is 3.00.